The Morgan fingerprint density at radius 3 is 3.21 bits per heavy atom. The molecule has 1 saturated heterocycles. The minimum atomic E-state index is -0.0658. The van der Waals surface area contributed by atoms with Crippen molar-refractivity contribution >= 4 is 0 Å². The van der Waals surface area contributed by atoms with Crippen LogP contribution >= 0.6 is 0 Å². The topological polar surface area (TPSA) is 67.2 Å². The molecule has 0 aromatic heterocycles. The molecule has 5 nitrogen and oxygen atoms in total. The number of azide groups is 1. The smallest absolute Gasteiger partial charge is 0.126 e. The van der Waals surface area contributed by atoms with Crippen LogP contribution in [0.3, 0.4) is 0 Å². The Morgan fingerprint density at radius 2 is 2.57 bits per heavy atom. The van der Waals surface area contributed by atoms with E-state index in [1.807, 2.05) is 6.92 Å². The van der Waals surface area contributed by atoms with Crippen molar-refractivity contribution in [3.63, 3.8) is 0 Å². The average molecular weight is 195 g/mol. The Kier molecular flexibility index (Phi) is 4.27. The van der Waals surface area contributed by atoms with Crippen molar-refractivity contribution in [2.24, 2.45) is 5.11 Å². The molecule has 0 spiro atoms. The molecule has 0 aromatic carbocycles. The number of ether oxygens (including phenoxy) is 2. The predicted octanol–water partition coefficient (Wildman–Crippen LogP) is 1.84. The summed E-state index contributed by atoms with van der Waals surface area (Å²) in [6.07, 6.45) is 6.58. The maximum absolute atomic E-state index is 8.08. The van der Waals surface area contributed by atoms with Crippen LogP contribution in [-0.2, 0) is 9.47 Å². The van der Waals surface area contributed by atoms with E-state index < -0.39 is 0 Å². The molecule has 1 fully saturated rings. The fraction of sp³-hybridized carbons (Fsp3) is 0.778. The predicted molar refractivity (Wildman–Crippen MR) is 51.3 cm³/mol. The van der Waals surface area contributed by atoms with E-state index >= 15 is 0 Å². The maximum Gasteiger partial charge on any atom is 0.126 e. The molecule has 1 heterocycles. The van der Waals surface area contributed by atoms with E-state index in [1.165, 1.54) is 0 Å². The molecule has 76 valence electrons. The van der Waals surface area contributed by atoms with Crippen molar-refractivity contribution in [3.05, 3.63) is 10.4 Å². The van der Waals surface area contributed by atoms with Crippen LogP contribution in [0, 0.1) is 12.3 Å². The van der Waals surface area contributed by atoms with Gasteiger partial charge in [0.05, 0.1) is 18.3 Å². The average Bonchev–Trinajstić information content (AvgIpc) is 2.48. The molecule has 1 aliphatic heterocycles. The van der Waals surface area contributed by atoms with Gasteiger partial charge in [-0.3, -0.25) is 0 Å². The van der Waals surface area contributed by atoms with Gasteiger partial charge in [0.25, 0.3) is 0 Å². The SMILES string of the molecule is C#CCC1OC(C)CC1OCN=[N+]=[N-]. The molecular weight excluding hydrogens is 182 g/mol. The monoisotopic (exact) mass is 195 g/mol. The van der Waals surface area contributed by atoms with Crippen molar-refractivity contribution in [2.75, 3.05) is 6.73 Å². The highest BCUT2D eigenvalue weighted by Crippen LogP contribution is 2.24. The fourth-order valence-corrected chi connectivity index (χ4v) is 1.55. The molecule has 0 aliphatic carbocycles. The van der Waals surface area contributed by atoms with Crippen LogP contribution in [-0.4, -0.2) is 25.0 Å². The Balaban J connectivity index is 2.41. The second-order valence-electron chi connectivity index (χ2n) is 3.19. The summed E-state index contributed by atoms with van der Waals surface area (Å²) in [5.74, 6) is 2.54. The molecule has 0 N–H and O–H groups in total. The van der Waals surface area contributed by atoms with Gasteiger partial charge in [0.2, 0.25) is 0 Å². The first kappa shape index (κ1) is 10.9. The summed E-state index contributed by atoms with van der Waals surface area (Å²) in [6, 6.07) is 0. The minimum Gasteiger partial charge on any atom is -0.371 e. The first-order chi connectivity index (χ1) is 6.77. The standard InChI is InChI=1S/C9H13N3O2/c1-3-4-8-9(5-7(2)14-8)13-6-11-12-10/h1,7-9H,4-6H2,2H3. The van der Waals surface area contributed by atoms with Gasteiger partial charge in [-0.1, -0.05) is 5.11 Å². The molecule has 1 rings (SSSR count). The summed E-state index contributed by atoms with van der Waals surface area (Å²) in [4.78, 5) is 2.61. The Morgan fingerprint density at radius 1 is 1.79 bits per heavy atom. The molecule has 0 radical (unpaired) electrons. The van der Waals surface area contributed by atoms with E-state index in [9.17, 15) is 0 Å². The van der Waals surface area contributed by atoms with Gasteiger partial charge in [-0.15, -0.1) is 12.3 Å². The summed E-state index contributed by atoms with van der Waals surface area (Å²) in [5.41, 5.74) is 8.08. The maximum atomic E-state index is 8.08. The molecule has 14 heavy (non-hydrogen) atoms. The lowest BCUT2D eigenvalue weighted by molar-refractivity contribution is -0.0147. The van der Waals surface area contributed by atoms with Gasteiger partial charge in [-0.25, -0.2) is 0 Å². The van der Waals surface area contributed by atoms with E-state index in [1.54, 1.807) is 0 Å². The van der Waals surface area contributed by atoms with Crippen molar-refractivity contribution in [2.45, 2.75) is 38.1 Å². The Bertz CT molecular complexity index is 268. The fourth-order valence-electron chi connectivity index (χ4n) is 1.55. The third kappa shape index (κ3) is 2.93. The number of hydrogen-bond acceptors (Lipinski definition) is 3. The summed E-state index contributed by atoms with van der Waals surface area (Å²) in [7, 11) is 0. The zero-order chi connectivity index (χ0) is 10.4. The van der Waals surface area contributed by atoms with E-state index in [0.717, 1.165) is 6.42 Å². The van der Waals surface area contributed by atoms with Gasteiger partial charge in [-0.05, 0) is 12.5 Å². The van der Waals surface area contributed by atoms with Crippen molar-refractivity contribution in [3.8, 4) is 12.3 Å². The van der Waals surface area contributed by atoms with Crippen LogP contribution in [0.2, 0.25) is 0 Å². The second kappa shape index (κ2) is 5.51. The Labute approximate surface area is 83.0 Å². The Hall–Kier alpha value is -1.21. The highest BCUT2D eigenvalue weighted by atomic mass is 16.6. The molecule has 3 atom stereocenters. The second-order valence-corrected chi connectivity index (χ2v) is 3.19. The van der Waals surface area contributed by atoms with Gasteiger partial charge in [0, 0.05) is 17.8 Å². The molecule has 0 bridgehead atoms. The van der Waals surface area contributed by atoms with Gasteiger partial charge < -0.3 is 9.47 Å². The van der Waals surface area contributed by atoms with Crippen LogP contribution in [0.5, 0.6) is 0 Å². The normalized spacial score (nSPS) is 30.7. The van der Waals surface area contributed by atoms with E-state index in [-0.39, 0.29) is 25.0 Å². The van der Waals surface area contributed by atoms with Crippen molar-refractivity contribution in [1.29, 1.82) is 0 Å². The number of rotatable bonds is 4. The molecule has 3 unspecified atom stereocenters. The van der Waals surface area contributed by atoms with Crippen LogP contribution in [0.1, 0.15) is 19.8 Å². The van der Waals surface area contributed by atoms with Gasteiger partial charge >= 0.3 is 0 Å². The largest absolute Gasteiger partial charge is 0.371 e. The number of terminal acetylenes is 1. The van der Waals surface area contributed by atoms with E-state index in [4.69, 9.17) is 21.4 Å². The van der Waals surface area contributed by atoms with Gasteiger partial charge in [0.15, 0.2) is 0 Å². The van der Waals surface area contributed by atoms with Crippen LogP contribution in [0.4, 0.5) is 0 Å². The van der Waals surface area contributed by atoms with Crippen LogP contribution in [0.25, 0.3) is 10.4 Å². The molecule has 5 heteroatoms. The number of nitrogens with zero attached hydrogens (tertiary/aromatic N) is 3. The third-order valence-corrected chi connectivity index (χ3v) is 2.11. The number of hydrogen-bond donors (Lipinski definition) is 0. The summed E-state index contributed by atoms with van der Waals surface area (Å²) in [6.45, 7) is 2.01. The highest BCUT2D eigenvalue weighted by Gasteiger charge is 2.32. The molecule has 0 amide bonds. The van der Waals surface area contributed by atoms with E-state index in [0.29, 0.717) is 6.42 Å². The summed E-state index contributed by atoms with van der Waals surface area (Å²) < 4.78 is 10.9. The first-order valence-corrected chi connectivity index (χ1v) is 4.49. The lowest BCUT2D eigenvalue weighted by atomic mass is 10.1. The van der Waals surface area contributed by atoms with Crippen LogP contribution < -0.4 is 0 Å². The summed E-state index contributed by atoms with van der Waals surface area (Å²) >= 11 is 0. The molecule has 1 aliphatic rings. The molecule has 0 aromatic rings. The lowest BCUT2D eigenvalue weighted by Gasteiger charge is -2.15. The van der Waals surface area contributed by atoms with Gasteiger partial charge in [-0.2, -0.15) is 0 Å². The molecular formula is C9H13N3O2. The zero-order valence-electron chi connectivity index (χ0n) is 8.09. The zero-order valence-corrected chi connectivity index (χ0v) is 8.09. The molecule has 0 saturated carbocycles. The summed E-state index contributed by atoms with van der Waals surface area (Å²) in [5, 5.41) is 3.31. The van der Waals surface area contributed by atoms with Crippen molar-refractivity contribution in [1.82, 2.24) is 0 Å². The van der Waals surface area contributed by atoms with Crippen molar-refractivity contribution < 1.29 is 9.47 Å². The third-order valence-electron chi connectivity index (χ3n) is 2.11. The highest BCUT2D eigenvalue weighted by molar-refractivity contribution is 4.93. The lowest BCUT2D eigenvalue weighted by Crippen LogP contribution is -2.23. The van der Waals surface area contributed by atoms with Gasteiger partial charge in [0.1, 0.15) is 6.73 Å². The quantitative estimate of drug-likeness (QED) is 0.297. The minimum absolute atomic E-state index is 0.0400. The first-order valence-electron chi connectivity index (χ1n) is 4.49. The van der Waals surface area contributed by atoms with E-state index in [2.05, 4.69) is 15.9 Å². The van der Waals surface area contributed by atoms with Crippen LogP contribution in [0.15, 0.2) is 5.11 Å².